The van der Waals surface area contributed by atoms with Gasteiger partial charge in [0.15, 0.2) is 0 Å². The lowest BCUT2D eigenvalue weighted by Gasteiger charge is -2.22. The lowest BCUT2D eigenvalue weighted by Crippen LogP contribution is -2.48. The zero-order valence-corrected chi connectivity index (χ0v) is 16.3. The minimum atomic E-state index is -0.881. The highest BCUT2D eigenvalue weighted by Crippen LogP contribution is 2.18. The van der Waals surface area contributed by atoms with Crippen molar-refractivity contribution >= 4 is 47.4 Å². The molecule has 3 rings (SSSR count). The van der Waals surface area contributed by atoms with Crippen LogP contribution in [0.1, 0.15) is 26.7 Å². The maximum Gasteiger partial charge on any atom is 0.244 e. The molecule has 0 aliphatic carbocycles. The summed E-state index contributed by atoms with van der Waals surface area (Å²) in [6.45, 7) is 3.75. The standard InChI is InChI=1S/C18H21N5O.2ClH/c1-3-10-18(2,19)17(24)22-13-8-9-16(20-11-13)23-12-21-14-6-4-5-7-15(14)23;;/h4-9,11-12H,3,10,19H2,1-2H3,(H,22,24);2*1H. The number of halogens is 2. The van der Waals surface area contributed by atoms with E-state index in [4.69, 9.17) is 5.73 Å². The number of nitrogens with zero attached hydrogens (tertiary/aromatic N) is 3. The van der Waals surface area contributed by atoms with E-state index >= 15 is 0 Å². The highest BCUT2D eigenvalue weighted by molar-refractivity contribution is 5.97. The molecule has 0 aliphatic heterocycles. The van der Waals surface area contributed by atoms with Crippen molar-refractivity contribution in [1.82, 2.24) is 14.5 Å². The van der Waals surface area contributed by atoms with Crippen LogP contribution in [0.5, 0.6) is 0 Å². The molecular formula is C18H23Cl2N5O. The maximum absolute atomic E-state index is 12.2. The lowest BCUT2D eigenvalue weighted by molar-refractivity contribution is -0.120. The summed E-state index contributed by atoms with van der Waals surface area (Å²) >= 11 is 0. The molecule has 2 heterocycles. The molecule has 1 amide bonds. The van der Waals surface area contributed by atoms with Crippen LogP contribution in [-0.2, 0) is 4.79 Å². The van der Waals surface area contributed by atoms with Crippen LogP contribution < -0.4 is 11.1 Å². The topological polar surface area (TPSA) is 85.8 Å². The molecule has 3 N–H and O–H groups in total. The second-order valence-corrected chi connectivity index (χ2v) is 6.13. The molecule has 0 radical (unpaired) electrons. The van der Waals surface area contributed by atoms with Gasteiger partial charge in [-0.1, -0.05) is 25.5 Å². The summed E-state index contributed by atoms with van der Waals surface area (Å²) in [5.41, 5.74) is 7.69. The molecular weight excluding hydrogens is 373 g/mol. The second kappa shape index (κ2) is 8.98. The van der Waals surface area contributed by atoms with E-state index in [1.165, 1.54) is 0 Å². The molecule has 140 valence electrons. The summed E-state index contributed by atoms with van der Waals surface area (Å²) in [6, 6.07) is 11.5. The molecule has 1 atom stereocenters. The van der Waals surface area contributed by atoms with Crippen molar-refractivity contribution in [2.75, 3.05) is 5.32 Å². The van der Waals surface area contributed by atoms with Gasteiger partial charge >= 0.3 is 0 Å². The number of aromatic nitrogens is 3. The first-order valence-corrected chi connectivity index (χ1v) is 8.00. The van der Waals surface area contributed by atoms with Crippen molar-refractivity contribution in [3.63, 3.8) is 0 Å². The third kappa shape index (κ3) is 4.52. The number of carbonyl (C=O) groups excluding carboxylic acids is 1. The molecule has 0 spiro atoms. The van der Waals surface area contributed by atoms with Gasteiger partial charge < -0.3 is 11.1 Å². The monoisotopic (exact) mass is 395 g/mol. The summed E-state index contributed by atoms with van der Waals surface area (Å²) < 4.78 is 1.91. The number of benzene rings is 1. The highest BCUT2D eigenvalue weighted by Gasteiger charge is 2.27. The van der Waals surface area contributed by atoms with Crippen LogP contribution in [0.15, 0.2) is 48.9 Å². The minimum absolute atomic E-state index is 0. The number of fused-ring (bicyclic) bond motifs is 1. The number of amides is 1. The fourth-order valence-electron chi connectivity index (χ4n) is 2.65. The first-order chi connectivity index (χ1) is 11.5. The fourth-order valence-corrected chi connectivity index (χ4v) is 2.65. The molecule has 0 bridgehead atoms. The van der Waals surface area contributed by atoms with Gasteiger partial charge in [0, 0.05) is 0 Å². The second-order valence-electron chi connectivity index (χ2n) is 6.13. The van der Waals surface area contributed by atoms with Gasteiger partial charge in [-0.2, -0.15) is 0 Å². The molecule has 0 aliphatic rings. The Morgan fingerprint density at radius 2 is 1.92 bits per heavy atom. The van der Waals surface area contributed by atoms with Gasteiger partial charge in [-0.3, -0.25) is 9.36 Å². The Kier molecular flexibility index (Phi) is 7.56. The number of hydrogen-bond donors (Lipinski definition) is 2. The number of anilines is 1. The summed E-state index contributed by atoms with van der Waals surface area (Å²) in [5, 5.41) is 2.83. The Morgan fingerprint density at radius 1 is 1.19 bits per heavy atom. The number of imidazole rings is 1. The molecule has 2 aromatic heterocycles. The van der Waals surface area contributed by atoms with Crippen molar-refractivity contribution in [2.24, 2.45) is 5.73 Å². The average molecular weight is 396 g/mol. The van der Waals surface area contributed by atoms with E-state index in [0.717, 1.165) is 23.3 Å². The van der Waals surface area contributed by atoms with Crippen LogP contribution in [0.2, 0.25) is 0 Å². The zero-order valence-electron chi connectivity index (χ0n) is 14.7. The quantitative estimate of drug-likeness (QED) is 0.688. The van der Waals surface area contributed by atoms with Crippen LogP contribution in [0.4, 0.5) is 5.69 Å². The Labute approximate surface area is 165 Å². The number of hydrogen-bond acceptors (Lipinski definition) is 4. The van der Waals surface area contributed by atoms with Crippen LogP contribution in [0.25, 0.3) is 16.9 Å². The Balaban J connectivity index is 0.00000169. The zero-order chi connectivity index (χ0) is 17.2. The van der Waals surface area contributed by atoms with Gasteiger partial charge in [0.2, 0.25) is 5.91 Å². The van der Waals surface area contributed by atoms with Crippen LogP contribution in [0, 0.1) is 0 Å². The molecule has 0 saturated carbocycles. The molecule has 1 aromatic carbocycles. The van der Waals surface area contributed by atoms with Gasteiger partial charge in [0.25, 0.3) is 0 Å². The van der Waals surface area contributed by atoms with Crippen LogP contribution in [-0.4, -0.2) is 26.0 Å². The molecule has 8 heteroatoms. The van der Waals surface area contributed by atoms with E-state index in [-0.39, 0.29) is 30.7 Å². The van der Waals surface area contributed by atoms with Crippen molar-refractivity contribution in [1.29, 1.82) is 0 Å². The van der Waals surface area contributed by atoms with E-state index in [1.807, 2.05) is 47.9 Å². The lowest BCUT2D eigenvalue weighted by atomic mass is 9.96. The summed E-state index contributed by atoms with van der Waals surface area (Å²) in [5.74, 6) is 0.540. The van der Waals surface area contributed by atoms with Crippen molar-refractivity contribution in [3.8, 4) is 5.82 Å². The molecule has 26 heavy (non-hydrogen) atoms. The van der Waals surface area contributed by atoms with Gasteiger partial charge in [-0.25, -0.2) is 9.97 Å². The minimum Gasteiger partial charge on any atom is -0.323 e. The fraction of sp³-hybridized carbons (Fsp3) is 0.278. The Hall–Kier alpha value is -2.15. The molecule has 0 saturated heterocycles. The Bertz CT molecular complexity index is 861. The third-order valence-electron chi connectivity index (χ3n) is 3.99. The first-order valence-electron chi connectivity index (χ1n) is 8.00. The van der Waals surface area contributed by atoms with Gasteiger partial charge in [-0.05, 0) is 37.6 Å². The van der Waals surface area contributed by atoms with Crippen LogP contribution in [0.3, 0.4) is 0 Å². The predicted molar refractivity (Wildman–Crippen MR) is 109 cm³/mol. The Morgan fingerprint density at radius 3 is 2.58 bits per heavy atom. The third-order valence-corrected chi connectivity index (χ3v) is 3.99. The largest absolute Gasteiger partial charge is 0.323 e. The average Bonchev–Trinajstić information content (AvgIpc) is 2.99. The van der Waals surface area contributed by atoms with E-state index in [0.29, 0.717) is 12.1 Å². The molecule has 1 unspecified atom stereocenters. The number of rotatable bonds is 5. The SMILES string of the molecule is CCCC(C)(N)C(=O)Nc1ccc(-n2cnc3ccccc32)nc1.Cl.Cl. The smallest absolute Gasteiger partial charge is 0.244 e. The van der Waals surface area contributed by atoms with Crippen LogP contribution >= 0.6 is 24.8 Å². The van der Waals surface area contributed by atoms with Gasteiger partial charge in [0.05, 0.1) is 28.5 Å². The summed E-state index contributed by atoms with van der Waals surface area (Å²) in [7, 11) is 0. The first kappa shape index (κ1) is 21.9. The van der Waals surface area contributed by atoms with E-state index in [9.17, 15) is 4.79 Å². The number of nitrogens with one attached hydrogen (secondary N) is 1. The van der Waals surface area contributed by atoms with Crippen molar-refractivity contribution in [2.45, 2.75) is 32.2 Å². The van der Waals surface area contributed by atoms with E-state index in [1.54, 1.807) is 19.4 Å². The number of para-hydroxylation sites is 2. The van der Waals surface area contributed by atoms with Gasteiger partial charge in [0.1, 0.15) is 12.1 Å². The van der Waals surface area contributed by atoms with Crippen molar-refractivity contribution < 1.29 is 4.79 Å². The maximum atomic E-state index is 12.2. The van der Waals surface area contributed by atoms with E-state index < -0.39 is 5.54 Å². The highest BCUT2D eigenvalue weighted by atomic mass is 35.5. The normalized spacial score (nSPS) is 12.6. The molecule has 0 fully saturated rings. The van der Waals surface area contributed by atoms with Gasteiger partial charge in [-0.15, -0.1) is 24.8 Å². The number of carbonyl (C=O) groups is 1. The molecule has 3 aromatic rings. The van der Waals surface area contributed by atoms with Crippen molar-refractivity contribution in [3.05, 3.63) is 48.9 Å². The van der Waals surface area contributed by atoms with E-state index in [2.05, 4.69) is 15.3 Å². The predicted octanol–water partition coefficient (Wildman–Crippen LogP) is 3.72. The number of nitrogens with two attached hydrogens (primary N) is 1. The molecule has 6 nitrogen and oxygen atoms in total. The summed E-state index contributed by atoms with van der Waals surface area (Å²) in [6.07, 6.45) is 4.85. The summed E-state index contributed by atoms with van der Waals surface area (Å²) in [4.78, 5) is 21.0. The number of pyridine rings is 1.